The van der Waals surface area contributed by atoms with Crippen molar-refractivity contribution in [3.8, 4) is 5.75 Å². The number of hydrogen-bond donors (Lipinski definition) is 2. The number of hydrogen-bond acceptors (Lipinski definition) is 6. The van der Waals surface area contributed by atoms with E-state index < -0.39 is 12.0 Å². The van der Waals surface area contributed by atoms with Gasteiger partial charge in [0.1, 0.15) is 5.75 Å². The molecule has 0 spiro atoms. The molecule has 0 bridgehead atoms. The Morgan fingerprint density at radius 1 is 1.21 bits per heavy atom. The first-order valence-corrected chi connectivity index (χ1v) is 14.0. The quantitative estimate of drug-likeness (QED) is 0.237. The topological polar surface area (TPSA) is 109 Å². The molecule has 8 nitrogen and oxygen atoms in total. The molecule has 0 saturated carbocycles. The van der Waals surface area contributed by atoms with Crippen LogP contribution in [0.5, 0.6) is 5.75 Å². The number of carboxylic acids is 1. The highest BCUT2D eigenvalue weighted by atomic mass is 32.1. The zero-order valence-corrected chi connectivity index (χ0v) is 22.9. The minimum atomic E-state index is -1.08. The van der Waals surface area contributed by atoms with Crippen LogP contribution < -0.4 is 10.1 Å². The van der Waals surface area contributed by atoms with Crippen molar-refractivity contribution in [3.63, 3.8) is 0 Å². The van der Waals surface area contributed by atoms with Gasteiger partial charge >= 0.3 is 5.97 Å². The molecule has 2 aromatic carbocycles. The zero-order chi connectivity index (χ0) is 27.8. The van der Waals surface area contributed by atoms with E-state index in [-0.39, 0.29) is 17.9 Å². The van der Waals surface area contributed by atoms with Gasteiger partial charge in [-0.25, -0.2) is 9.78 Å². The molecule has 9 heteroatoms. The Balaban J connectivity index is 1.39. The molecular weight excluding hydrogens is 514 g/mol. The van der Waals surface area contributed by atoms with E-state index in [2.05, 4.69) is 17.2 Å². The van der Waals surface area contributed by atoms with E-state index in [0.717, 1.165) is 29.7 Å². The van der Waals surface area contributed by atoms with Gasteiger partial charge in [0.2, 0.25) is 5.91 Å². The zero-order valence-electron chi connectivity index (χ0n) is 22.1. The second-order valence-corrected chi connectivity index (χ2v) is 10.6. The minimum Gasteiger partial charge on any atom is -0.493 e. The molecule has 2 N–H and O–H groups in total. The molecule has 0 aliphatic carbocycles. The first kappa shape index (κ1) is 28.0. The number of aromatic nitrogens is 1. The Hall–Kier alpha value is -3.98. The van der Waals surface area contributed by atoms with Crippen LogP contribution in [-0.2, 0) is 22.4 Å². The van der Waals surface area contributed by atoms with Crippen molar-refractivity contribution in [2.24, 2.45) is 0 Å². The third-order valence-corrected chi connectivity index (χ3v) is 7.55. The normalized spacial score (nSPS) is 16.6. The summed E-state index contributed by atoms with van der Waals surface area (Å²) < 4.78 is 5.96. The number of thiazole rings is 1. The van der Waals surface area contributed by atoms with Crippen LogP contribution in [-0.4, -0.2) is 45.4 Å². The molecule has 1 aliphatic heterocycles. The van der Waals surface area contributed by atoms with Gasteiger partial charge in [0, 0.05) is 29.1 Å². The Kier molecular flexibility index (Phi) is 9.49. The molecule has 39 heavy (non-hydrogen) atoms. The van der Waals surface area contributed by atoms with Gasteiger partial charge in [0.15, 0.2) is 11.2 Å². The van der Waals surface area contributed by atoms with E-state index in [0.29, 0.717) is 41.5 Å². The molecule has 204 valence electrons. The maximum absolute atomic E-state index is 13.0. The molecule has 1 aromatic heterocycles. The molecule has 0 fully saturated rings. The number of carboxylic acid groups (broad SMARTS) is 1. The number of anilines is 1. The van der Waals surface area contributed by atoms with Gasteiger partial charge in [0.25, 0.3) is 5.91 Å². The van der Waals surface area contributed by atoms with Crippen LogP contribution in [0, 0.1) is 0 Å². The highest BCUT2D eigenvalue weighted by Crippen LogP contribution is 2.36. The van der Waals surface area contributed by atoms with E-state index in [1.807, 2.05) is 31.2 Å². The number of allylic oxidation sites excluding steroid dienone is 1. The van der Waals surface area contributed by atoms with Crippen LogP contribution in [0.15, 0.2) is 66.9 Å². The Morgan fingerprint density at radius 3 is 2.74 bits per heavy atom. The third kappa shape index (κ3) is 7.11. The summed E-state index contributed by atoms with van der Waals surface area (Å²) in [7, 11) is 0. The molecule has 4 rings (SSSR count). The Bertz CT molecular complexity index is 1340. The van der Waals surface area contributed by atoms with Crippen molar-refractivity contribution in [2.45, 2.75) is 58.0 Å². The lowest BCUT2D eigenvalue weighted by Crippen LogP contribution is -2.48. The first-order chi connectivity index (χ1) is 18.9. The van der Waals surface area contributed by atoms with Gasteiger partial charge < -0.3 is 14.7 Å². The molecule has 0 radical (unpaired) electrons. The van der Waals surface area contributed by atoms with E-state index in [9.17, 15) is 19.5 Å². The maximum Gasteiger partial charge on any atom is 0.331 e. The number of carbonyl (C=O) groups excluding carboxylic acids is 2. The van der Waals surface area contributed by atoms with Crippen molar-refractivity contribution in [2.75, 3.05) is 11.9 Å². The molecule has 3 aromatic rings. The number of amides is 2. The summed E-state index contributed by atoms with van der Waals surface area (Å²) in [4.78, 5) is 44.3. The third-order valence-electron chi connectivity index (χ3n) is 6.58. The summed E-state index contributed by atoms with van der Waals surface area (Å²) >= 11 is 1.38. The van der Waals surface area contributed by atoms with E-state index in [1.165, 1.54) is 22.3 Å². The second-order valence-electron chi connectivity index (χ2n) is 9.49. The van der Waals surface area contributed by atoms with E-state index >= 15 is 0 Å². The SMILES string of the molecule is CCCCC=CC(=O)N1C(C(=O)O)c2cc(OCCc3cnc(NC(=O)c4ccccc4)s3)ccc2C[C@@H]1C. The Morgan fingerprint density at radius 2 is 2.00 bits per heavy atom. The summed E-state index contributed by atoms with van der Waals surface area (Å²) in [6.45, 7) is 4.32. The molecule has 2 heterocycles. The van der Waals surface area contributed by atoms with Crippen LogP contribution in [0.25, 0.3) is 0 Å². The first-order valence-electron chi connectivity index (χ1n) is 13.2. The number of ether oxygens (including phenoxy) is 1. The van der Waals surface area contributed by atoms with Gasteiger partial charge in [-0.1, -0.05) is 50.1 Å². The van der Waals surface area contributed by atoms with Crippen molar-refractivity contribution < 1.29 is 24.2 Å². The summed E-state index contributed by atoms with van der Waals surface area (Å²) in [5, 5.41) is 13.4. The van der Waals surface area contributed by atoms with Crippen LogP contribution in [0.3, 0.4) is 0 Å². The number of nitrogens with one attached hydrogen (secondary N) is 1. The number of unbranched alkanes of at least 4 members (excludes halogenated alkanes) is 2. The standard InChI is InChI=1S/C30H33N3O5S/c1-3-4-5-9-12-26(34)33-20(2)17-22-13-14-23(18-25(22)27(33)29(36)37)38-16-15-24-19-31-30(39-24)32-28(35)21-10-7-6-8-11-21/h6-14,18-20,27H,3-5,15-17H2,1-2H3,(H,36,37)(H,31,32,35)/t20-,27?/m0/s1. The fraction of sp³-hybridized carbons (Fsp3) is 0.333. The molecule has 1 aliphatic rings. The van der Waals surface area contributed by atoms with Gasteiger partial charge in [0.05, 0.1) is 6.61 Å². The second kappa shape index (κ2) is 13.2. The molecule has 0 saturated heterocycles. The number of benzene rings is 2. The van der Waals surface area contributed by atoms with Gasteiger partial charge in [-0.2, -0.15) is 0 Å². The van der Waals surface area contributed by atoms with Gasteiger partial charge in [-0.15, -0.1) is 11.3 Å². The van der Waals surface area contributed by atoms with Crippen molar-refractivity contribution in [3.05, 3.63) is 88.4 Å². The van der Waals surface area contributed by atoms with E-state index in [1.54, 1.807) is 36.5 Å². The molecule has 2 atom stereocenters. The molecule has 2 amide bonds. The fourth-order valence-electron chi connectivity index (χ4n) is 4.62. The number of aliphatic carboxylic acids is 1. The summed E-state index contributed by atoms with van der Waals surface area (Å²) in [5.74, 6) is -1.02. The fourth-order valence-corrected chi connectivity index (χ4v) is 5.41. The average Bonchev–Trinajstić information content (AvgIpc) is 3.37. The highest BCUT2D eigenvalue weighted by molar-refractivity contribution is 7.15. The highest BCUT2D eigenvalue weighted by Gasteiger charge is 2.39. The van der Waals surface area contributed by atoms with Crippen molar-refractivity contribution in [1.82, 2.24) is 9.88 Å². The van der Waals surface area contributed by atoms with Crippen LogP contribution in [0.4, 0.5) is 5.13 Å². The lowest BCUT2D eigenvalue weighted by atomic mass is 9.88. The largest absolute Gasteiger partial charge is 0.493 e. The monoisotopic (exact) mass is 547 g/mol. The average molecular weight is 548 g/mol. The van der Waals surface area contributed by atoms with Crippen LogP contribution >= 0.6 is 11.3 Å². The number of carbonyl (C=O) groups is 3. The molecular formula is C30H33N3O5S. The smallest absolute Gasteiger partial charge is 0.331 e. The van der Waals surface area contributed by atoms with E-state index in [4.69, 9.17) is 4.74 Å². The predicted octanol–water partition coefficient (Wildman–Crippen LogP) is 5.66. The lowest BCUT2D eigenvalue weighted by Gasteiger charge is -2.39. The van der Waals surface area contributed by atoms with Crippen LogP contribution in [0.2, 0.25) is 0 Å². The number of nitrogens with zero attached hydrogens (tertiary/aromatic N) is 2. The predicted molar refractivity (Wildman–Crippen MR) is 151 cm³/mol. The van der Waals surface area contributed by atoms with Crippen LogP contribution in [0.1, 0.15) is 65.5 Å². The van der Waals surface area contributed by atoms with Crippen molar-refractivity contribution in [1.29, 1.82) is 0 Å². The summed E-state index contributed by atoms with van der Waals surface area (Å²) in [6, 6.07) is 13.1. The van der Waals surface area contributed by atoms with Gasteiger partial charge in [-0.05, 0) is 61.2 Å². The molecule has 1 unspecified atom stereocenters. The van der Waals surface area contributed by atoms with Crippen molar-refractivity contribution >= 4 is 34.3 Å². The number of fused-ring (bicyclic) bond motifs is 1. The summed E-state index contributed by atoms with van der Waals surface area (Å²) in [6.07, 6.45) is 8.98. The number of rotatable bonds is 11. The minimum absolute atomic E-state index is 0.215. The maximum atomic E-state index is 13.0. The van der Waals surface area contributed by atoms with Gasteiger partial charge in [-0.3, -0.25) is 14.9 Å². The Labute approximate surface area is 232 Å². The summed E-state index contributed by atoms with van der Waals surface area (Å²) in [5.41, 5.74) is 2.05. The lowest BCUT2D eigenvalue weighted by molar-refractivity contribution is -0.151.